The quantitative estimate of drug-likeness (QED) is 0.651. The van der Waals surface area contributed by atoms with Crippen LogP contribution in [-0.2, 0) is 22.8 Å². The molecule has 168 valence electrons. The Labute approximate surface area is 175 Å². The second-order valence-corrected chi connectivity index (χ2v) is 7.37. The van der Waals surface area contributed by atoms with E-state index in [2.05, 4.69) is 31.0 Å². The lowest BCUT2D eigenvalue weighted by molar-refractivity contribution is -0.137. The molecule has 1 aliphatic carbocycles. The summed E-state index contributed by atoms with van der Waals surface area (Å²) in [4.78, 5) is 29.4. The van der Waals surface area contributed by atoms with Crippen molar-refractivity contribution in [3.63, 3.8) is 0 Å². The fraction of sp³-hybridized carbons (Fsp3) is 0.500. The van der Waals surface area contributed by atoms with Crippen LogP contribution in [0.2, 0.25) is 0 Å². The summed E-state index contributed by atoms with van der Waals surface area (Å²) in [6.07, 6.45) is -0.933. The summed E-state index contributed by atoms with van der Waals surface area (Å²) in [5.41, 5.74) is -1.38. The summed E-state index contributed by atoms with van der Waals surface area (Å²) in [7, 11) is 1.49. The molecular formula is C18H22F3N7O3. The van der Waals surface area contributed by atoms with Crippen molar-refractivity contribution in [3.05, 3.63) is 34.4 Å². The molecule has 0 radical (unpaired) electrons. The van der Waals surface area contributed by atoms with Crippen LogP contribution in [-0.4, -0.2) is 51.0 Å². The standard InChI is InChI=1S/C14H15F3N6O.C4H7NO2/c1-13(3-4-13)22-11-9(14(15,16)17)7-18-12(21-11)20-8-5-10(24)23(2)19-6-8;6-4-3-7-2-1-5-4/h5-7H,3-4H2,1-2H3,(H2,18,20,21,22);1-3H2,(H,5,6). The number of aromatic nitrogens is 4. The summed E-state index contributed by atoms with van der Waals surface area (Å²) in [6.45, 7) is 3.39. The number of nitrogens with zero attached hydrogens (tertiary/aromatic N) is 4. The normalized spacial score (nSPS) is 17.1. The Kier molecular flexibility index (Phi) is 6.43. The lowest BCUT2D eigenvalue weighted by Gasteiger charge is -2.18. The third-order valence-electron chi connectivity index (χ3n) is 4.54. The minimum atomic E-state index is -4.56. The third-order valence-corrected chi connectivity index (χ3v) is 4.54. The van der Waals surface area contributed by atoms with E-state index in [1.807, 2.05) is 6.92 Å². The van der Waals surface area contributed by atoms with Crippen LogP contribution >= 0.6 is 0 Å². The number of carbonyl (C=O) groups is 1. The minimum Gasteiger partial charge on any atom is -0.370 e. The van der Waals surface area contributed by atoms with E-state index in [4.69, 9.17) is 4.74 Å². The van der Waals surface area contributed by atoms with Crippen LogP contribution in [0.1, 0.15) is 25.3 Å². The molecular weight excluding hydrogens is 419 g/mol. The molecule has 2 aromatic rings. The van der Waals surface area contributed by atoms with Gasteiger partial charge in [-0.25, -0.2) is 9.67 Å². The first-order chi connectivity index (χ1) is 14.6. The zero-order chi connectivity index (χ0) is 22.6. The highest BCUT2D eigenvalue weighted by Crippen LogP contribution is 2.41. The van der Waals surface area contributed by atoms with E-state index in [0.29, 0.717) is 18.8 Å². The molecule has 1 saturated carbocycles. The fourth-order valence-corrected chi connectivity index (χ4v) is 2.49. The number of hydrogen-bond donors (Lipinski definition) is 3. The molecule has 2 fully saturated rings. The van der Waals surface area contributed by atoms with Crippen molar-refractivity contribution in [1.29, 1.82) is 0 Å². The lowest BCUT2D eigenvalue weighted by atomic mass is 10.2. The SMILES string of the molecule is Cn1ncc(Nc2ncc(C(F)(F)F)c(NC3(C)CC3)n2)cc1=O.O=C1COCCN1. The van der Waals surface area contributed by atoms with Gasteiger partial charge in [0, 0.05) is 31.4 Å². The molecule has 0 unspecified atom stereocenters. The molecule has 2 aliphatic rings. The molecule has 0 aromatic carbocycles. The molecule has 31 heavy (non-hydrogen) atoms. The number of morpholine rings is 1. The van der Waals surface area contributed by atoms with Crippen LogP contribution in [0.5, 0.6) is 0 Å². The minimum absolute atomic E-state index is 0.00810. The van der Waals surface area contributed by atoms with Gasteiger partial charge in [0.25, 0.3) is 5.56 Å². The van der Waals surface area contributed by atoms with Gasteiger partial charge in [0.15, 0.2) is 0 Å². The molecule has 13 heteroatoms. The number of anilines is 3. The second kappa shape index (κ2) is 8.88. The van der Waals surface area contributed by atoms with Gasteiger partial charge >= 0.3 is 6.18 Å². The Balaban J connectivity index is 0.000000330. The predicted molar refractivity (Wildman–Crippen MR) is 105 cm³/mol. The zero-order valence-electron chi connectivity index (χ0n) is 16.9. The monoisotopic (exact) mass is 441 g/mol. The van der Waals surface area contributed by atoms with Crippen molar-refractivity contribution in [2.45, 2.75) is 31.5 Å². The molecule has 10 nitrogen and oxygen atoms in total. The summed E-state index contributed by atoms with van der Waals surface area (Å²) in [6, 6.07) is 1.25. The summed E-state index contributed by atoms with van der Waals surface area (Å²) < 4.78 is 45.2. The maximum Gasteiger partial charge on any atom is 0.421 e. The Morgan fingerprint density at radius 2 is 2.00 bits per heavy atom. The van der Waals surface area contributed by atoms with Gasteiger partial charge in [0.05, 0.1) is 18.5 Å². The summed E-state index contributed by atoms with van der Waals surface area (Å²) >= 11 is 0. The Morgan fingerprint density at radius 1 is 1.26 bits per heavy atom. The molecule has 1 saturated heterocycles. The number of ether oxygens (including phenoxy) is 1. The van der Waals surface area contributed by atoms with E-state index in [9.17, 15) is 22.8 Å². The highest BCUT2D eigenvalue weighted by Gasteiger charge is 2.41. The van der Waals surface area contributed by atoms with E-state index in [-0.39, 0.29) is 35.4 Å². The van der Waals surface area contributed by atoms with E-state index in [1.165, 1.54) is 19.3 Å². The number of hydrogen-bond acceptors (Lipinski definition) is 8. The Morgan fingerprint density at radius 3 is 2.52 bits per heavy atom. The molecule has 1 amide bonds. The van der Waals surface area contributed by atoms with Gasteiger partial charge in [-0.1, -0.05) is 0 Å². The van der Waals surface area contributed by atoms with E-state index < -0.39 is 11.7 Å². The number of halogens is 3. The van der Waals surface area contributed by atoms with Crippen LogP contribution in [0.25, 0.3) is 0 Å². The van der Waals surface area contributed by atoms with E-state index >= 15 is 0 Å². The highest BCUT2D eigenvalue weighted by molar-refractivity contribution is 5.77. The molecule has 4 rings (SSSR count). The molecule has 3 heterocycles. The van der Waals surface area contributed by atoms with Crippen LogP contribution < -0.4 is 21.5 Å². The van der Waals surface area contributed by atoms with Crippen molar-refractivity contribution >= 4 is 23.4 Å². The number of aryl methyl sites for hydroxylation is 1. The van der Waals surface area contributed by atoms with Crippen LogP contribution in [0, 0.1) is 0 Å². The van der Waals surface area contributed by atoms with Gasteiger partial charge < -0.3 is 20.7 Å². The van der Waals surface area contributed by atoms with Crippen molar-refractivity contribution in [1.82, 2.24) is 25.1 Å². The number of alkyl halides is 3. The Hall–Kier alpha value is -3.22. The maximum absolute atomic E-state index is 13.1. The van der Waals surface area contributed by atoms with Gasteiger partial charge in [0.1, 0.15) is 18.0 Å². The van der Waals surface area contributed by atoms with E-state index in [0.717, 1.165) is 23.7 Å². The van der Waals surface area contributed by atoms with Crippen LogP contribution in [0.4, 0.5) is 30.6 Å². The van der Waals surface area contributed by atoms with Crippen molar-refractivity contribution < 1.29 is 22.7 Å². The number of nitrogens with one attached hydrogen (secondary N) is 3. The molecule has 0 bridgehead atoms. The highest BCUT2D eigenvalue weighted by atomic mass is 19.4. The molecule has 3 N–H and O–H groups in total. The first-order valence-corrected chi connectivity index (χ1v) is 9.43. The lowest BCUT2D eigenvalue weighted by Crippen LogP contribution is -2.36. The number of amides is 1. The van der Waals surface area contributed by atoms with Gasteiger partial charge in [-0.15, -0.1) is 0 Å². The summed E-state index contributed by atoms with van der Waals surface area (Å²) in [5, 5.41) is 11.9. The molecule has 0 atom stereocenters. The summed E-state index contributed by atoms with van der Waals surface area (Å²) in [5.74, 6) is -0.340. The average molecular weight is 441 g/mol. The molecule has 1 aliphatic heterocycles. The van der Waals surface area contributed by atoms with E-state index in [1.54, 1.807) is 0 Å². The maximum atomic E-state index is 13.1. The number of carbonyl (C=O) groups excluding carboxylic acids is 1. The largest absolute Gasteiger partial charge is 0.421 e. The Bertz CT molecular complexity index is 998. The zero-order valence-corrected chi connectivity index (χ0v) is 16.9. The topological polar surface area (TPSA) is 123 Å². The first-order valence-electron chi connectivity index (χ1n) is 9.43. The van der Waals surface area contributed by atoms with Crippen LogP contribution in [0.3, 0.4) is 0 Å². The van der Waals surface area contributed by atoms with Gasteiger partial charge in [-0.3, -0.25) is 9.59 Å². The molecule has 0 spiro atoms. The number of rotatable bonds is 4. The van der Waals surface area contributed by atoms with Gasteiger partial charge in [-0.2, -0.15) is 23.3 Å². The van der Waals surface area contributed by atoms with Crippen molar-refractivity contribution in [3.8, 4) is 0 Å². The van der Waals surface area contributed by atoms with Gasteiger partial charge in [0.2, 0.25) is 11.9 Å². The first kappa shape index (κ1) is 22.5. The smallest absolute Gasteiger partial charge is 0.370 e. The van der Waals surface area contributed by atoms with Crippen molar-refractivity contribution in [2.75, 3.05) is 30.4 Å². The third kappa shape index (κ3) is 6.38. The molecule has 2 aromatic heterocycles. The average Bonchev–Trinajstić information content (AvgIpc) is 3.42. The van der Waals surface area contributed by atoms with Crippen molar-refractivity contribution in [2.24, 2.45) is 7.05 Å². The second-order valence-electron chi connectivity index (χ2n) is 7.37. The van der Waals surface area contributed by atoms with Gasteiger partial charge in [-0.05, 0) is 19.8 Å². The predicted octanol–water partition coefficient (Wildman–Crippen LogP) is 1.43. The fourth-order valence-electron chi connectivity index (χ4n) is 2.49. The van der Waals surface area contributed by atoms with Crippen LogP contribution in [0.15, 0.2) is 23.3 Å².